The number of rotatable bonds is 7. The molecule has 0 aromatic heterocycles. The second kappa shape index (κ2) is 7.76. The number of amides is 1. The van der Waals surface area contributed by atoms with Crippen LogP contribution in [0, 0.1) is 5.92 Å². The highest BCUT2D eigenvalue weighted by atomic mass is 16.5. The van der Waals surface area contributed by atoms with Gasteiger partial charge in [0.1, 0.15) is 6.61 Å². The molecule has 0 saturated carbocycles. The zero-order valence-corrected chi connectivity index (χ0v) is 9.25. The van der Waals surface area contributed by atoms with E-state index in [1.807, 2.05) is 13.8 Å². The molecule has 0 bridgehead atoms. The summed E-state index contributed by atoms with van der Waals surface area (Å²) in [6, 6.07) is 0. The summed E-state index contributed by atoms with van der Waals surface area (Å²) in [6.45, 7) is 4.44. The number of hydrogen-bond donors (Lipinski definition) is 2. The van der Waals surface area contributed by atoms with Crippen LogP contribution in [0.25, 0.3) is 0 Å². The van der Waals surface area contributed by atoms with E-state index >= 15 is 0 Å². The van der Waals surface area contributed by atoms with E-state index in [4.69, 9.17) is 0 Å². The molecule has 0 aromatic rings. The van der Waals surface area contributed by atoms with Gasteiger partial charge in [0.05, 0.1) is 6.10 Å². The van der Waals surface area contributed by atoms with Crippen molar-refractivity contribution in [3.05, 3.63) is 0 Å². The molecule has 0 saturated heterocycles. The number of hydrogen-bond acceptors (Lipinski definition) is 3. The van der Waals surface area contributed by atoms with Crippen molar-refractivity contribution in [1.82, 2.24) is 5.32 Å². The summed E-state index contributed by atoms with van der Waals surface area (Å²) in [6.07, 6.45) is 1.40. The monoisotopic (exact) mass is 203 g/mol. The molecule has 14 heavy (non-hydrogen) atoms. The fraction of sp³-hybridized carbons (Fsp3) is 0.900. The SMILES string of the molecule is CCC(CC)C(O)CNC(=O)COC. The Morgan fingerprint density at radius 1 is 1.43 bits per heavy atom. The maximum atomic E-state index is 11.0. The van der Waals surface area contributed by atoms with Crippen LogP contribution in [-0.4, -0.2) is 37.4 Å². The molecular formula is C10H21NO3. The van der Waals surface area contributed by atoms with Crippen LogP contribution in [0.1, 0.15) is 26.7 Å². The Morgan fingerprint density at radius 3 is 2.43 bits per heavy atom. The average Bonchev–Trinajstić information content (AvgIpc) is 2.17. The molecule has 0 rings (SSSR count). The van der Waals surface area contributed by atoms with E-state index in [0.29, 0.717) is 6.54 Å². The molecule has 0 aliphatic heterocycles. The molecule has 84 valence electrons. The van der Waals surface area contributed by atoms with Gasteiger partial charge in [-0.1, -0.05) is 26.7 Å². The number of carbonyl (C=O) groups excluding carboxylic acids is 1. The number of methoxy groups -OCH3 is 1. The molecule has 0 fully saturated rings. The molecule has 1 amide bonds. The third-order valence-electron chi connectivity index (χ3n) is 2.38. The van der Waals surface area contributed by atoms with E-state index in [0.717, 1.165) is 12.8 Å². The third-order valence-corrected chi connectivity index (χ3v) is 2.38. The van der Waals surface area contributed by atoms with E-state index in [-0.39, 0.29) is 18.4 Å². The molecule has 0 radical (unpaired) electrons. The van der Waals surface area contributed by atoms with Crippen molar-refractivity contribution in [3.63, 3.8) is 0 Å². The van der Waals surface area contributed by atoms with Gasteiger partial charge in [0.25, 0.3) is 0 Å². The van der Waals surface area contributed by atoms with Crippen molar-refractivity contribution < 1.29 is 14.6 Å². The smallest absolute Gasteiger partial charge is 0.246 e. The minimum atomic E-state index is -0.453. The molecule has 4 nitrogen and oxygen atoms in total. The fourth-order valence-corrected chi connectivity index (χ4v) is 1.40. The summed E-state index contributed by atoms with van der Waals surface area (Å²) in [5.41, 5.74) is 0. The summed E-state index contributed by atoms with van der Waals surface area (Å²) < 4.78 is 4.66. The van der Waals surface area contributed by atoms with Gasteiger partial charge < -0.3 is 15.2 Å². The molecule has 0 aromatic carbocycles. The van der Waals surface area contributed by atoms with Crippen LogP contribution in [0.5, 0.6) is 0 Å². The highest BCUT2D eigenvalue weighted by molar-refractivity contribution is 5.77. The molecule has 0 aliphatic carbocycles. The average molecular weight is 203 g/mol. The normalized spacial score (nSPS) is 12.9. The van der Waals surface area contributed by atoms with E-state index in [1.54, 1.807) is 0 Å². The van der Waals surface area contributed by atoms with Crippen molar-refractivity contribution >= 4 is 5.91 Å². The van der Waals surface area contributed by atoms with Gasteiger partial charge in [0, 0.05) is 13.7 Å². The molecule has 0 spiro atoms. The van der Waals surface area contributed by atoms with Crippen molar-refractivity contribution in [1.29, 1.82) is 0 Å². The predicted molar refractivity (Wildman–Crippen MR) is 55.0 cm³/mol. The Bertz CT molecular complexity index is 157. The molecule has 0 heterocycles. The standard InChI is InChI=1S/C10H21NO3/c1-4-8(5-2)9(12)6-11-10(13)7-14-3/h8-9,12H,4-7H2,1-3H3,(H,11,13). The van der Waals surface area contributed by atoms with Crippen LogP contribution in [0.3, 0.4) is 0 Å². The summed E-state index contributed by atoms with van der Waals surface area (Å²) in [4.78, 5) is 11.0. The minimum Gasteiger partial charge on any atom is -0.391 e. The Balaban J connectivity index is 3.71. The zero-order chi connectivity index (χ0) is 11.0. The van der Waals surface area contributed by atoms with Gasteiger partial charge in [-0.2, -0.15) is 0 Å². The van der Waals surface area contributed by atoms with Crippen LogP contribution < -0.4 is 5.32 Å². The van der Waals surface area contributed by atoms with Crippen LogP contribution in [-0.2, 0) is 9.53 Å². The van der Waals surface area contributed by atoms with Gasteiger partial charge in [-0.3, -0.25) is 4.79 Å². The molecule has 1 unspecified atom stereocenters. The Kier molecular flexibility index (Phi) is 7.42. The molecular weight excluding hydrogens is 182 g/mol. The Hall–Kier alpha value is -0.610. The van der Waals surface area contributed by atoms with Crippen LogP contribution in [0.2, 0.25) is 0 Å². The second-order valence-corrected chi connectivity index (χ2v) is 3.38. The number of aliphatic hydroxyl groups excluding tert-OH is 1. The number of ether oxygens (including phenoxy) is 1. The second-order valence-electron chi connectivity index (χ2n) is 3.38. The van der Waals surface area contributed by atoms with Crippen molar-refractivity contribution in [3.8, 4) is 0 Å². The lowest BCUT2D eigenvalue weighted by atomic mass is 9.97. The largest absolute Gasteiger partial charge is 0.391 e. The lowest BCUT2D eigenvalue weighted by molar-refractivity contribution is -0.125. The zero-order valence-electron chi connectivity index (χ0n) is 9.25. The first kappa shape index (κ1) is 13.4. The van der Waals surface area contributed by atoms with Gasteiger partial charge in [0.15, 0.2) is 0 Å². The van der Waals surface area contributed by atoms with Gasteiger partial charge in [-0.15, -0.1) is 0 Å². The van der Waals surface area contributed by atoms with Gasteiger partial charge in [-0.05, 0) is 5.92 Å². The summed E-state index contributed by atoms with van der Waals surface area (Å²) in [7, 11) is 1.47. The van der Waals surface area contributed by atoms with Crippen LogP contribution >= 0.6 is 0 Å². The molecule has 1 atom stereocenters. The maximum absolute atomic E-state index is 11.0. The molecule has 2 N–H and O–H groups in total. The minimum absolute atomic E-state index is 0.0512. The van der Waals surface area contributed by atoms with E-state index in [2.05, 4.69) is 10.1 Å². The van der Waals surface area contributed by atoms with Crippen molar-refractivity contribution in [2.75, 3.05) is 20.3 Å². The van der Waals surface area contributed by atoms with E-state index in [9.17, 15) is 9.90 Å². The number of aliphatic hydroxyl groups is 1. The Labute approximate surface area is 85.6 Å². The number of nitrogens with one attached hydrogen (secondary N) is 1. The fourth-order valence-electron chi connectivity index (χ4n) is 1.40. The summed E-state index contributed by atoms with van der Waals surface area (Å²) >= 11 is 0. The molecule has 4 heteroatoms. The van der Waals surface area contributed by atoms with Crippen molar-refractivity contribution in [2.24, 2.45) is 5.92 Å². The quantitative estimate of drug-likeness (QED) is 0.635. The highest BCUT2D eigenvalue weighted by Gasteiger charge is 2.15. The van der Waals surface area contributed by atoms with Gasteiger partial charge in [-0.25, -0.2) is 0 Å². The lowest BCUT2D eigenvalue weighted by Crippen LogP contribution is -2.37. The molecule has 0 aliphatic rings. The third kappa shape index (κ3) is 5.19. The van der Waals surface area contributed by atoms with Gasteiger partial charge >= 0.3 is 0 Å². The van der Waals surface area contributed by atoms with E-state index < -0.39 is 6.10 Å². The first-order chi connectivity index (χ1) is 6.65. The summed E-state index contributed by atoms with van der Waals surface area (Å²) in [5, 5.41) is 12.3. The first-order valence-corrected chi connectivity index (χ1v) is 5.09. The number of carbonyl (C=O) groups is 1. The van der Waals surface area contributed by atoms with E-state index in [1.165, 1.54) is 7.11 Å². The van der Waals surface area contributed by atoms with Crippen molar-refractivity contribution in [2.45, 2.75) is 32.8 Å². The summed E-state index contributed by atoms with van der Waals surface area (Å²) in [5.74, 6) is 0.0790. The lowest BCUT2D eigenvalue weighted by Gasteiger charge is -2.20. The van der Waals surface area contributed by atoms with Crippen LogP contribution in [0.4, 0.5) is 0 Å². The maximum Gasteiger partial charge on any atom is 0.246 e. The highest BCUT2D eigenvalue weighted by Crippen LogP contribution is 2.11. The Morgan fingerprint density at radius 2 is 2.00 bits per heavy atom. The van der Waals surface area contributed by atoms with Gasteiger partial charge in [0.2, 0.25) is 5.91 Å². The van der Waals surface area contributed by atoms with Crippen LogP contribution in [0.15, 0.2) is 0 Å². The first-order valence-electron chi connectivity index (χ1n) is 5.09. The predicted octanol–water partition coefficient (Wildman–Crippen LogP) is 0.546. The topological polar surface area (TPSA) is 58.6 Å².